The van der Waals surface area contributed by atoms with Gasteiger partial charge >= 0.3 is 0 Å². The fourth-order valence-corrected chi connectivity index (χ4v) is 2.22. The van der Waals surface area contributed by atoms with Gasteiger partial charge in [0.2, 0.25) is 0 Å². The van der Waals surface area contributed by atoms with E-state index in [2.05, 4.69) is 29.1 Å². The highest BCUT2D eigenvalue weighted by atomic mass is 16.2. The number of nitrogens with one attached hydrogen (secondary N) is 1. The van der Waals surface area contributed by atoms with E-state index in [4.69, 9.17) is 10.8 Å². The Bertz CT molecular complexity index is 469. The predicted molar refractivity (Wildman–Crippen MR) is 81.7 cm³/mol. The quantitative estimate of drug-likeness (QED) is 0.713. The molecule has 2 rings (SSSR count). The van der Waals surface area contributed by atoms with Gasteiger partial charge in [-0.2, -0.15) is 0 Å². The molecule has 20 heavy (non-hydrogen) atoms. The Labute approximate surface area is 121 Å². The van der Waals surface area contributed by atoms with Crippen molar-refractivity contribution in [1.82, 2.24) is 9.97 Å². The lowest BCUT2D eigenvalue weighted by molar-refractivity contribution is 0.248. The Morgan fingerprint density at radius 3 is 2.65 bits per heavy atom. The third-order valence-corrected chi connectivity index (χ3v) is 3.89. The fourth-order valence-electron chi connectivity index (χ4n) is 2.22. The molecular formula is C15H26N4O. The maximum atomic E-state index is 8.94. The van der Waals surface area contributed by atoms with Crippen molar-refractivity contribution in [1.29, 1.82) is 0 Å². The van der Waals surface area contributed by atoms with E-state index in [-0.39, 0.29) is 12.0 Å². The first-order valence-electron chi connectivity index (χ1n) is 7.42. The molecule has 112 valence electrons. The molecule has 1 aromatic heterocycles. The van der Waals surface area contributed by atoms with Crippen molar-refractivity contribution in [2.45, 2.75) is 52.4 Å². The molecule has 0 amide bonds. The lowest BCUT2D eigenvalue weighted by Gasteiger charge is -2.25. The van der Waals surface area contributed by atoms with E-state index >= 15 is 0 Å². The van der Waals surface area contributed by atoms with Gasteiger partial charge < -0.3 is 16.2 Å². The minimum atomic E-state index is 0.120. The number of rotatable bonds is 7. The molecule has 1 saturated carbocycles. The smallest absolute Gasteiger partial charge is 0.136 e. The molecule has 0 atom stereocenters. The Morgan fingerprint density at radius 1 is 1.35 bits per heavy atom. The Hall–Kier alpha value is -1.36. The van der Waals surface area contributed by atoms with Gasteiger partial charge in [0.05, 0.1) is 0 Å². The molecule has 5 heteroatoms. The molecule has 0 unspecified atom stereocenters. The largest absolute Gasteiger partial charge is 0.396 e. The summed E-state index contributed by atoms with van der Waals surface area (Å²) in [5, 5.41) is 12.4. The van der Waals surface area contributed by atoms with Crippen LogP contribution >= 0.6 is 0 Å². The third kappa shape index (κ3) is 3.82. The Morgan fingerprint density at radius 2 is 2.05 bits per heavy atom. The summed E-state index contributed by atoms with van der Waals surface area (Å²) >= 11 is 0. The molecule has 1 heterocycles. The van der Waals surface area contributed by atoms with Gasteiger partial charge in [0.1, 0.15) is 17.5 Å². The third-order valence-electron chi connectivity index (χ3n) is 3.89. The molecule has 1 aliphatic carbocycles. The molecule has 4 N–H and O–H groups in total. The normalized spacial score (nSPS) is 15.4. The summed E-state index contributed by atoms with van der Waals surface area (Å²) in [5.74, 6) is 2.82. The SMILES string of the molecule is Cc1c(N)nc(C2CC2)nc1NCC(C)(C)CCCO. The van der Waals surface area contributed by atoms with Gasteiger partial charge in [0.15, 0.2) is 0 Å². The number of nitrogens with two attached hydrogens (primary N) is 1. The van der Waals surface area contributed by atoms with E-state index in [1.807, 2.05) is 6.92 Å². The second-order valence-electron chi connectivity index (χ2n) is 6.56. The molecule has 1 aliphatic rings. The molecule has 0 bridgehead atoms. The number of hydrogen-bond acceptors (Lipinski definition) is 5. The van der Waals surface area contributed by atoms with Crippen molar-refractivity contribution in [2.24, 2.45) is 5.41 Å². The maximum Gasteiger partial charge on any atom is 0.136 e. The number of anilines is 2. The number of nitrogen functional groups attached to an aromatic ring is 1. The van der Waals surface area contributed by atoms with Gasteiger partial charge in [-0.25, -0.2) is 9.97 Å². The topological polar surface area (TPSA) is 84.1 Å². The summed E-state index contributed by atoms with van der Waals surface area (Å²) < 4.78 is 0. The number of nitrogens with zero attached hydrogens (tertiary/aromatic N) is 2. The van der Waals surface area contributed by atoms with Crippen molar-refractivity contribution >= 4 is 11.6 Å². The van der Waals surface area contributed by atoms with Crippen LogP contribution in [0.3, 0.4) is 0 Å². The zero-order valence-electron chi connectivity index (χ0n) is 12.7. The lowest BCUT2D eigenvalue weighted by atomic mass is 9.88. The van der Waals surface area contributed by atoms with Crippen molar-refractivity contribution in [2.75, 3.05) is 24.2 Å². The average Bonchev–Trinajstić information content (AvgIpc) is 3.22. The van der Waals surface area contributed by atoms with Gasteiger partial charge in [-0.15, -0.1) is 0 Å². The van der Waals surface area contributed by atoms with Gasteiger partial charge in [-0.3, -0.25) is 0 Å². The van der Waals surface area contributed by atoms with Gasteiger partial charge in [-0.05, 0) is 38.0 Å². The van der Waals surface area contributed by atoms with Crippen LogP contribution < -0.4 is 11.1 Å². The fraction of sp³-hybridized carbons (Fsp3) is 0.733. The van der Waals surface area contributed by atoms with Crippen LogP contribution in [0.15, 0.2) is 0 Å². The minimum absolute atomic E-state index is 0.120. The highest BCUT2D eigenvalue weighted by molar-refractivity contribution is 5.55. The van der Waals surface area contributed by atoms with E-state index < -0.39 is 0 Å². The average molecular weight is 278 g/mol. The van der Waals surface area contributed by atoms with Crippen LogP contribution in [0.25, 0.3) is 0 Å². The second kappa shape index (κ2) is 5.95. The van der Waals surface area contributed by atoms with Crippen LogP contribution in [0.2, 0.25) is 0 Å². The van der Waals surface area contributed by atoms with Crippen LogP contribution in [0, 0.1) is 12.3 Å². The zero-order chi connectivity index (χ0) is 14.8. The lowest BCUT2D eigenvalue weighted by Crippen LogP contribution is -2.24. The number of aliphatic hydroxyl groups is 1. The van der Waals surface area contributed by atoms with Crippen LogP contribution in [0.4, 0.5) is 11.6 Å². The standard InChI is InChI=1S/C15H26N4O/c1-10-12(16)18-14(11-5-6-11)19-13(10)17-9-15(2,3)7-4-8-20/h11,20H,4-9H2,1-3H3,(H3,16,17,18,19). The summed E-state index contributed by atoms with van der Waals surface area (Å²) in [6.45, 7) is 7.40. The first kappa shape index (κ1) is 15.0. The van der Waals surface area contributed by atoms with E-state index in [1.54, 1.807) is 0 Å². The number of aliphatic hydroxyl groups excluding tert-OH is 1. The van der Waals surface area contributed by atoms with Crippen molar-refractivity contribution < 1.29 is 5.11 Å². The van der Waals surface area contributed by atoms with E-state index in [0.29, 0.717) is 11.7 Å². The second-order valence-corrected chi connectivity index (χ2v) is 6.56. The summed E-state index contributed by atoms with van der Waals surface area (Å²) in [5.41, 5.74) is 7.03. The molecule has 0 saturated heterocycles. The van der Waals surface area contributed by atoms with Crippen LogP contribution in [0.1, 0.15) is 56.8 Å². The van der Waals surface area contributed by atoms with Crippen molar-refractivity contribution in [3.05, 3.63) is 11.4 Å². The summed E-state index contributed by atoms with van der Waals surface area (Å²) in [4.78, 5) is 9.01. The monoisotopic (exact) mass is 278 g/mol. The van der Waals surface area contributed by atoms with E-state index in [1.165, 1.54) is 12.8 Å². The molecular weight excluding hydrogens is 252 g/mol. The van der Waals surface area contributed by atoms with E-state index in [0.717, 1.165) is 36.6 Å². The highest BCUT2D eigenvalue weighted by Gasteiger charge is 2.28. The first-order valence-corrected chi connectivity index (χ1v) is 7.42. The molecule has 0 spiro atoms. The Kier molecular flexibility index (Phi) is 4.48. The first-order chi connectivity index (χ1) is 9.43. The zero-order valence-corrected chi connectivity index (χ0v) is 12.7. The summed E-state index contributed by atoms with van der Waals surface area (Å²) in [6, 6.07) is 0. The maximum absolute atomic E-state index is 8.94. The van der Waals surface area contributed by atoms with Gasteiger partial charge in [0.25, 0.3) is 0 Å². The molecule has 1 fully saturated rings. The molecule has 0 radical (unpaired) electrons. The van der Waals surface area contributed by atoms with Gasteiger partial charge in [0, 0.05) is 24.6 Å². The molecule has 1 aromatic rings. The van der Waals surface area contributed by atoms with Crippen molar-refractivity contribution in [3.8, 4) is 0 Å². The summed E-state index contributed by atoms with van der Waals surface area (Å²) in [7, 11) is 0. The number of aromatic nitrogens is 2. The van der Waals surface area contributed by atoms with Crippen LogP contribution in [0.5, 0.6) is 0 Å². The molecule has 0 aliphatic heterocycles. The molecule has 0 aromatic carbocycles. The van der Waals surface area contributed by atoms with Crippen LogP contribution in [-0.2, 0) is 0 Å². The Balaban J connectivity index is 2.04. The van der Waals surface area contributed by atoms with Gasteiger partial charge in [-0.1, -0.05) is 13.8 Å². The van der Waals surface area contributed by atoms with Crippen molar-refractivity contribution in [3.63, 3.8) is 0 Å². The minimum Gasteiger partial charge on any atom is -0.396 e. The highest BCUT2D eigenvalue weighted by Crippen LogP contribution is 2.39. The predicted octanol–water partition coefficient (Wildman–Crippen LogP) is 2.46. The van der Waals surface area contributed by atoms with E-state index in [9.17, 15) is 0 Å². The molecule has 5 nitrogen and oxygen atoms in total. The number of hydrogen-bond donors (Lipinski definition) is 3. The summed E-state index contributed by atoms with van der Waals surface area (Å²) in [6.07, 6.45) is 4.15. The van der Waals surface area contributed by atoms with Crippen LogP contribution in [-0.4, -0.2) is 28.2 Å².